The molecule has 0 aromatic rings. The number of carboxylic acids is 1. The van der Waals surface area contributed by atoms with Crippen LogP contribution in [0.15, 0.2) is 0 Å². The van der Waals surface area contributed by atoms with Gasteiger partial charge in [0.15, 0.2) is 0 Å². The van der Waals surface area contributed by atoms with Crippen molar-refractivity contribution in [1.82, 2.24) is 5.32 Å². The highest BCUT2D eigenvalue weighted by Gasteiger charge is 2.36. The maximum Gasteiger partial charge on any atom is 0.307 e. The van der Waals surface area contributed by atoms with Crippen molar-refractivity contribution < 1.29 is 19.8 Å². The Hall–Kier alpha value is -1.10. The van der Waals surface area contributed by atoms with Crippen molar-refractivity contribution in [2.75, 3.05) is 6.54 Å². The zero-order chi connectivity index (χ0) is 13.1. The molecular formula is C13H21NO4. The van der Waals surface area contributed by atoms with Gasteiger partial charge in [-0.2, -0.15) is 0 Å². The maximum atomic E-state index is 12.0. The van der Waals surface area contributed by atoms with E-state index in [1.54, 1.807) is 0 Å². The van der Waals surface area contributed by atoms with E-state index in [9.17, 15) is 14.7 Å². The second-order valence-electron chi connectivity index (χ2n) is 5.49. The molecule has 3 atom stereocenters. The van der Waals surface area contributed by atoms with E-state index in [0.29, 0.717) is 18.8 Å². The molecular weight excluding hydrogens is 234 g/mol. The summed E-state index contributed by atoms with van der Waals surface area (Å²) < 4.78 is 0. The molecule has 102 valence electrons. The second kappa shape index (κ2) is 5.69. The summed E-state index contributed by atoms with van der Waals surface area (Å²) in [6, 6.07) is 0. The van der Waals surface area contributed by atoms with Crippen LogP contribution in [0, 0.1) is 17.8 Å². The highest BCUT2D eigenvalue weighted by atomic mass is 16.4. The molecule has 0 aliphatic heterocycles. The van der Waals surface area contributed by atoms with Gasteiger partial charge in [0.1, 0.15) is 0 Å². The van der Waals surface area contributed by atoms with Gasteiger partial charge in [0.05, 0.1) is 17.9 Å². The SMILES string of the molecule is O=C(O)[C@H]1CCCC[C@H]1C(=O)NCC(O)C1CC1. The smallest absolute Gasteiger partial charge is 0.307 e. The van der Waals surface area contributed by atoms with Gasteiger partial charge in [0.2, 0.25) is 5.91 Å². The molecule has 2 aliphatic carbocycles. The molecule has 0 saturated heterocycles. The Balaban J connectivity index is 1.83. The first-order valence-corrected chi connectivity index (χ1v) is 6.78. The molecule has 0 aromatic carbocycles. The number of aliphatic hydroxyl groups is 1. The zero-order valence-corrected chi connectivity index (χ0v) is 10.5. The van der Waals surface area contributed by atoms with Crippen LogP contribution in [0.5, 0.6) is 0 Å². The van der Waals surface area contributed by atoms with Crippen LogP contribution in [0.1, 0.15) is 38.5 Å². The topological polar surface area (TPSA) is 86.6 Å². The van der Waals surface area contributed by atoms with Crippen molar-refractivity contribution >= 4 is 11.9 Å². The number of aliphatic carboxylic acids is 1. The molecule has 0 heterocycles. The van der Waals surface area contributed by atoms with Gasteiger partial charge in [0, 0.05) is 6.54 Å². The van der Waals surface area contributed by atoms with Crippen LogP contribution in [0.3, 0.4) is 0 Å². The van der Waals surface area contributed by atoms with Crippen molar-refractivity contribution in [2.45, 2.75) is 44.6 Å². The Morgan fingerprint density at radius 1 is 1.11 bits per heavy atom. The molecule has 1 amide bonds. The summed E-state index contributed by atoms with van der Waals surface area (Å²) in [5, 5.41) is 21.5. The average molecular weight is 255 g/mol. The first-order chi connectivity index (χ1) is 8.59. The quantitative estimate of drug-likeness (QED) is 0.677. The molecule has 0 radical (unpaired) electrons. The molecule has 5 nitrogen and oxygen atoms in total. The predicted molar refractivity (Wildman–Crippen MR) is 64.8 cm³/mol. The summed E-state index contributed by atoms with van der Waals surface area (Å²) >= 11 is 0. The third-order valence-corrected chi connectivity index (χ3v) is 4.07. The van der Waals surface area contributed by atoms with E-state index in [1.807, 2.05) is 0 Å². The molecule has 5 heteroatoms. The lowest BCUT2D eigenvalue weighted by Crippen LogP contribution is -2.42. The average Bonchev–Trinajstić information content (AvgIpc) is 3.19. The van der Waals surface area contributed by atoms with Gasteiger partial charge in [0.25, 0.3) is 0 Å². The third-order valence-electron chi connectivity index (χ3n) is 4.07. The largest absolute Gasteiger partial charge is 0.481 e. The molecule has 2 fully saturated rings. The summed E-state index contributed by atoms with van der Waals surface area (Å²) in [4.78, 5) is 23.1. The monoisotopic (exact) mass is 255 g/mol. The van der Waals surface area contributed by atoms with Gasteiger partial charge in [-0.1, -0.05) is 12.8 Å². The van der Waals surface area contributed by atoms with E-state index in [0.717, 1.165) is 25.7 Å². The van der Waals surface area contributed by atoms with Crippen LogP contribution in [0.25, 0.3) is 0 Å². The fourth-order valence-electron chi connectivity index (χ4n) is 2.72. The van der Waals surface area contributed by atoms with Crippen molar-refractivity contribution in [2.24, 2.45) is 17.8 Å². The van der Waals surface area contributed by atoms with Gasteiger partial charge in [-0.25, -0.2) is 0 Å². The number of carboxylic acid groups (broad SMARTS) is 1. The lowest BCUT2D eigenvalue weighted by atomic mass is 9.78. The number of carbonyl (C=O) groups excluding carboxylic acids is 1. The van der Waals surface area contributed by atoms with Crippen LogP contribution >= 0.6 is 0 Å². The van der Waals surface area contributed by atoms with E-state index < -0.39 is 23.9 Å². The number of rotatable bonds is 5. The summed E-state index contributed by atoms with van der Waals surface area (Å²) in [7, 11) is 0. The molecule has 3 N–H and O–H groups in total. The third kappa shape index (κ3) is 3.22. The van der Waals surface area contributed by atoms with Gasteiger partial charge < -0.3 is 15.5 Å². The van der Waals surface area contributed by atoms with E-state index in [1.165, 1.54) is 0 Å². The lowest BCUT2D eigenvalue weighted by molar-refractivity contribution is -0.149. The summed E-state index contributed by atoms with van der Waals surface area (Å²) in [6.07, 6.45) is 4.59. The number of hydrogen-bond donors (Lipinski definition) is 3. The van der Waals surface area contributed by atoms with Crippen LogP contribution in [-0.4, -0.2) is 34.7 Å². The minimum atomic E-state index is -0.877. The van der Waals surface area contributed by atoms with Gasteiger partial charge in [-0.3, -0.25) is 9.59 Å². The molecule has 2 rings (SSSR count). The van der Waals surface area contributed by atoms with E-state index in [-0.39, 0.29) is 12.5 Å². The minimum absolute atomic E-state index is 0.207. The fraction of sp³-hybridized carbons (Fsp3) is 0.846. The first kappa shape index (κ1) is 13.3. The lowest BCUT2D eigenvalue weighted by Gasteiger charge is -2.27. The number of amides is 1. The number of carbonyl (C=O) groups is 2. The summed E-state index contributed by atoms with van der Waals surface area (Å²) in [6.45, 7) is 0.256. The molecule has 0 spiro atoms. The second-order valence-corrected chi connectivity index (χ2v) is 5.49. The Morgan fingerprint density at radius 3 is 2.28 bits per heavy atom. The molecule has 0 bridgehead atoms. The zero-order valence-electron chi connectivity index (χ0n) is 10.5. The van der Waals surface area contributed by atoms with Crippen molar-refractivity contribution in [3.63, 3.8) is 0 Å². The minimum Gasteiger partial charge on any atom is -0.481 e. The Morgan fingerprint density at radius 2 is 1.72 bits per heavy atom. The highest BCUT2D eigenvalue weighted by Crippen LogP contribution is 2.33. The van der Waals surface area contributed by atoms with Crippen LogP contribution in [-0.2, 0) is 9.59 Å². The number of aliphatic hydroxyl groups excluding tert-OH is 1. The molecule has 1 unspecified atom stereocenters. The van der Waals surface area contributed by atoms with Crippen LogP contribution in [0.2, 0.25) is 0 Å². The first-order valence-electron chi connectivity index (χ1n) is 6.78. The number of nitrogens with one attached hydrogen (secondary N) is 1. The van der Waals surface area contributed by atoms with Gasteiger partial charge in [-0.05, 0) is 31.6 Å². The van der Waals surface area contributed by atoms with Crippen molar-refractivity contribution in [3.8, 4) is 0 Å². The van der Waals surface area contributed by atoms with Crippen molar-refractivity contribution in [3.05, 3.63) is 0 Å². The summed E-state index contributed by atoms with van der Waals surface area (Å²) in [5.41, 5.74) is 0. The Labute approximate surface area is 107 Å². The van der Waals surface area contributed by atoms with E-state index >= 15 is 0 Å². The molecule has 18 heavy (non-hydrogen) atoms. The Bertz CT molecular complexity index is 327. The normalized spacial score (nSPS) is 29.6. The van der Waals surface area contributed by atoms with Crippen molar-refractivity contribution in [1.29, 1.82) is 0 Å². The standard InChI is InChI=1S/C13H21NO4/c15-11(8-5-6-8)7-14-12(16)9-3-1-2-4-10(9)13(17)18/h8-11,15H,1-7H2,(H,14,16)(H,17,18)/t9-,10+,11?/m1/s1. The van der Waals surface area contributed by atoms with Crippen LogP contribution < -0.4 is 5.32 Å². The molecule has 0 aromatic heterocycles. The number of hydrogen-bond acceptors (Lipinski definition) is 3. The Kier molecular flexibility index (Phi) is 4.22. The predicted octanol–water partition coefficient (Wildman–Crippen LogP) is 0.764. The molecule has 2 aliphatic rings. The highest BCUT2D eigenvalue weighted by molar-refractivity contribution is 5.84. The van der Waals surface area contributed by atoms with Gasteiger partial charge >= 0.3 is 5.97 Å². The van der Waals surface area contributed by atoms with Gasteiger partial charge in [-0.15, -0.1) is 0 Å². The maximum absolute atomic E-state index is 12.0. The van der Waals surface area contributed by atoms with Crippen LogP contribution in [0.4, 0.5) is 0 Å². The van der Waals surface area contributed by atoms with E-state index in [2.05, 4.69) is 5.32 Å². The summed E-state index contributed by atoms with van der Waals surface area (Å²) in [5.74, 6) is -1.74. The molecule has 2 saturated carbocycles. The van der Waals surface area contributed by atoms with E-state index in [4.69, 9.17) is 5.11 Å². The fourth-order valence-corrected chi connectivity index (χ4v) is 2.72.